The molecule has 1 aromatic heterocycles. The molecule has 2 aliphatic rings. The summed E-state index contributed by atoms with van der Waals surface area (Å²) in [6.45, 7) is 7.04. The summed E-state index contributed by atoms with van der Waals surface area (Å²) in [5.41, 5.74) is 1.46. The van der Waals surface area contributed by atoms with Crippen LogP contribution in [0.4, 0.5) is 0 Å². The summed E-state index contributed by atoms with van der Waals surface area (Å²) >= 11 is 0. The molecule has 18 heavy (non-hydrogen) atoms. The van der Waals surface area contributed by atoms with Gasteiger partial charge in [-0.25, -0.2) is 4.98 Å². The lowest BCUT2D eigenvalue weighted by molar-refractivity contribution is 0.144. The first kappa shape index (κ1) is 12.2. The lowest BCUT2D eigenvalue weighted by Crippen LogP contribution is -2.35. The quantitative estimate of drug-likeness (QED) is 0.799. The van der Waals surface area contributed by atoms with Crippen LogP contribution in [0.25, 0.3) is 0 Å². The van der Waals surface area contributed by atoms with E-state index >= 15 is 0 Å². The van der Waals surface area contributed by atoms with Crippen molar-refractivity contribution in [1.82, 2.24) is 14.5 Å². The Balaban J connectivity index is 1.93. The molecule has 1 saturated heterocycles. The molecule has 0 aliphatic carbocycles. The Morgan fingerprint density at radius 1 is 1.28 bits per heavy atom. The highest BCUT2D eigenvalue weighted by molar-refractivity contribution is 5.13. The summed E-state index contributed by atoms with van der Waals surface area (Å²) < 4.78 is 2.54. The highest BCUT2D eigenvalue weighted by atomic mass is 15.2. The number of nitrogens with zero attached hydrogens (tertiary/aromatic N) is 3. The summed E-state index contributed by atoms with van der Waals surface area (Å²) in [5, 5.41) is 0. The molecular formula is C15H25N3. The van der Waals surface area contributed by atoms with Crippen molar-refractivity contribution >= 4 is 0 Å². The van der Waals surface area contributed by atoms with E-state index in [0.717, 1.165) is 6.54 Å². The van der Waals surface area contributed by atoms with Gasteiger partial charge in [-0.1, -0.05) is 13.3 Å². The molecule has 0 amide bonds. The van der Waals surface area contributed by atoms with E-state index in [-0.39, 0.29) is 0 Å². The fraction of sp³-hybridized carbons (Fsp3) is 0.800. The van der Waals surface area contributed by atoms with Crippen LogP contribution in [0, 0.1) is 0 Å². The van der Waals surface area contributed by atoms with Crippen molar-refractivity contribution in [3.8, 4) is 0 Å². The first-order valence-electron chi connectivity index (χ1n) is 7.61. The van der Waals surface area contributed by atoms with E-state index < -0.39 is 0 Å². The van der Waals surface area contributed by atoms with Gasteiger partial charge in [0.15, 0.2) is 0 Å². The van der Waals surface area contributed by atoms with Gasteiger partial charge in [-0.2, -0.15) is 0 Å². The largest absolute Gasteiger partial charge is 0.328 e. The third kappa shape index (κ3) is 1.99. The number of aryl methyl sites for hydroxylation is 1. The summed E-state index contributed by atoms with van der Waals surface area (Å²) in [4.78, 5) is 7.40. The van der Waals surface area contributed by atoms with Gasteiger partial charge in [0.05, 0.1) is 6.04 Å². The molecule has 0 aromatic carbocycles. The minimum atomic E-state index is 0.568. The van der Waals surface area contributed by atoms with Gasteiger partial charge in [0.2, 0.25) is 0 Å². The van der Waals surface area contributed by atoms with Crippen molar-refractivity contribution in [3.63, 3.8) is 0 Å². The molecule has 100 valence electrons. The van der Waals surface area contributed by atoms with Gasteiger partial charge in [-0.15, -0.1) is 0 Å². The zero-order valence-electron chi connectivity index (χ0n) is 11.7. The van der Waals surface area contributed by atoms with Crippen molar-refractivity contribution in [1.29, 1.82) is 0 Å². The van der Waals surface area contributed by atoms with E-state index in [1.165, 1.54) is 56.6 Å². The van der Waals surface area contributed by atoms with Gasteiger partial charge >= 0.3 is 0 Å². The molecule has 0 saturated carbocycles. The molecule has 1 fully saturated rings. The second-order valence-electron chi connectivity index (χ2n) is 5.86. The number of likely N-dealkylation sites (tertiary alicyclic amines) is 1. The minimum Gasteiger partial charge on any atom is -0.328 e. The Labute approximate surface area is 110 Å². The Morgan fingerprint density at radius 3 is 3.00 bits per heavy atom. The first-order valence-corrected chi connectivity index (χ1v) is 7.61. The Morgan fingerprint density at radius 2 is 2.17 bits per heavy atom. The smallest absolute Gasteiger partial charge is 0.126 e. The summed E-state index contributed by atoms with van der Waals surface area (Å²) in [6.07, 6.45) is 10.00. The summed E-state index contributed by atoms with van der Waals surface area (Å²) in [6, 6.07) is 1.21. The van der Waals surface area contributed by atoms with Crippen molar-refractivity contribution < 1.29 is 0 Å². The molecule has 2 aliphatic heterocycles. The second kappa shape index (κ2) is 5.04. The van der Waals surface area contributed by atoms with Crippen LogP contribution in [-0.4, -0.2) is 27.5 Å². The molecule has 3 nitrogen and oxygen atoms in total. The number of aromatic nitrogens is 2. The van der Waals surface area contributed by atoms with Crippen molar-refractivity contribution in [2.45, 2.75) is 64.5 Å². The monoisotopic (exact) mass is 247 g/mol. The van der Waals surface area contributed by atoms with Crippen molar-refractivity contribution in [2.24, 2.45) is 0 Å². The number of hydrogen-bond acceptors (Lipinski definition) is 2. The highest BCUT2D eigenvalue weighted by Crippen LogP contribution is 2.34. The van der Waals surface area contributed by atoms with E-state index in [9.17, 15) is 0 Å². The standard InChI is InChI=1S/C15H25N3/c1-3-17-10-5-4-9-14(17)15-16-11-13-8-6-7-12(2)18(13)15/h11-12,14H,3-10H2,1-2H3. The first-order chi connectivity index (χ1) is 8.81. The highest BCUT2D eigenvalue weighted by Gasteiger charge is 2.29. The Kier molecular flexibility index (Phi) is 3.42. The van der Waals surface area contributed by atoms with Gasteiger partial charge in [0, 0.05) is 17.9 Å². The molecule has 3 heterocycles. The Hall–Kier alpha value is -0.830. The molecule has 0 radical (unpaired) electrons. The van der Waals surface area contributed by atoms with Crippen LogP contribution in [0.1, 0.15) is 69.6 Å². The molecule has 1 aromatic rings. The third-order valence-electron chi connectivity index (χ3n) is 4.72. The van der Waals surface area contributed by atoms with E-state index in [4.69, 9.17) is 4.98 Å². The van der Waals surface area contributed by atoms with Crippen LogP contribution in [0.15, 0.2) is 6.20 Å². The van der Waals surface area contributed by atoms with Crippen molar-refractivity contribution in [3.05, 3.63) is 17.7 Å². The predicted molar refractivity (Wildman–Crippen MR) is 73.7 cm³/mol. The van der Waals surface area contributed by atoms with Crippen LogP contribution in [0.2, 0.25) is 0 Å². The van der Waals surface area contributed by atoms with E-state index in [2.05, 4.69) is 29.5 Å². The lowest BCUT2D eigenvalue weighted by Gasteiger charge is -2.36. The van der Waals surface area contributed by atoms with Crippen LogP contribution < -0.4 is 0 Å². The average molecular weight is 247 g/mol. The molecule has 0 spiro atoms. The molecule has 2 atom stereocenters. The molecular weight excluding hydrogens is 222 g/mol. The van der Waals surface area contributed by atoms with Gasteiger partial charge in [0.25, 0.3) is 0 Å². The Bertz CT molecular complexity index is 410. The molecule has 3 heteroatoms. The third-order valence-corrected chi connectivity index (χ3v) is 4.72. The number of hydrogen-bond donors (Lipinski definition) is 0. The van der Waals surface area contributed by atoms with E-state index in [1.807, 2.05) is 0 Å². The maximum Gasteiger partial charge on any atom is 0.126 e. The number of fused-ring (bicyclic) bond motifs is 1. The maximum absolute atomic E-state index is 4.79. The normalized spacial score (nSPS) is 29.2. The van der Waals surface area contributed by atoms with Crippen molar-refractivity contribution in [2.75, 3.05) is 13.1 Å². The maximum atomic E-state index is 4.79. The fourth-order valence-electron chi connectivity index (χ4n) is 3.72. The lowest BCUT2D eigenvalue weighted by atomic mass is 9.99. The predicted octanol–water partition coefficient (Wildman–Crippen LogP) is 3.33. The summed E-state index contributed by atoms with van der Waals surface area (Å²) in [7, 11) is 0. The molecule has 2 unspecified atom stereocenters. The number of piperidine rings is 1. The second-order valence-corrected chi connectivity index (χ2v) is 5.86. The molecule has 0 N–H and O–H groups in total. The minimum absolute atomic E-state index is 0.568. The SMILES string of the molecule is CCN1CCCCC1c1ncc2n1C(C)CCC2. The van der Waals surface area contributed by atoms with Gasteiger partial charge in [-0.3, -0.25) is 4.90 Å². The zero-order chi connectivity index (χ0) is 12.5. The van der Waals surface area contributed by atoms with Crippen LogP contribution in [0.5, 0.6) is 0 Å². The average Bonchev–Trinajstić information content (AvgIpc) is 2.84. The van der Waals surface area contributed by atoms with Crippen LogP contribution in [0.3, 0.4) is 0 Å². The molecule has 3 rings (SSSR count). The van der Waals surface area contributed by atoms with E-state index in [0.29, 0.717) is 12.1 Å². The number of imidazole rings is 1. The van der Waals surface area contributed by atoms with Gasteiger partial charge in [0.1, 0.15) is 5.82 Å². The summed E-state index contributed by atoms with van der Waals surface area (Å²) in [5.74, 6) is 1.35. The zero-order valence-corrected chi connectivity index (χ0v) is 11.7. The molecule has 0 bridgehead atoms. The van der Waals surface area contributed by atoms with E-state index in [1.54, 1.807) is 0 Å². The van der Waals surface area contributed by atoms with Crippen LogP contribution >= 0.6 is 0 Å². The fourth-order valence-corrected chi connectivity index (χ4v) is 3.72. The van der Waals surface area contributed by atoms with Crippen LogP contribution in [-0.2, 0) is 6.42 Å². The number of rotatable bonds is 2. The topological polar surface area (TPSA) is 21.1 Å². The van der Waals surface area contributed by atoms with Gasteiger partial charge in [-0.05, 0) is 52.1 Å². The van der Waals surface area contributed by atoms with Gasteiger partial charge < -0.3 is 4.57 Å².